The van der Waals surface area contributed by atoms with Crippen molar-refractivity contribution in [3.63, 3.8) is 0 Å². The molecule has 2 heterocycles. The summed E-state index contributed by atoms with van der Waals surface area (Å²) in [6.07, 6.45) is 2.28. The van der Waals surface area contributed by atoms with Crippen molar-refractivity contribution in [2.24, 2.45) is 0 Å². The summed E-state index contributed by atoms with van der Waals surface area (Å²) in [5, 5.41) is 2.78. The maximum absolute atomic E-state index is 12.4. The lowest BCUT2D eigenvalue weighted by Gasteiger charge is -2.29. The van der Waals surface area contributed by atoms with E-state index in [0.29, 0.717) is 25.3 Å². The van der Waals surface area contributed by atoms with Gasteiger partial charge in [0.15, 0.2) is 0 Å². The molecule has 5 nitrogen and oxygen atoms in total. The monoisotopic (exact) mass is 333 g/mol. The van der Waals surface area contributed by atoms with Crippen LogP contribution in [0.15, 0.2) is 36.5 Å². The second-order valence-corrected chi connectivity index (χ2v) is 5.58. The van der Waals surface area contributed by atoms with Gasteiger partial charge in [-0.15, -0.1) is 0 Å². The standard InChI is InChI=1S/C17H17F2N3O2/c1-11-3-2-7-20-15(11)21-17(23)22-8-6-12-4-5-14(24-16(18)19)9-13(12)10-22/h2-5,7,9,16H,6,8,10H2,1H3,(H,20,21,23). The van der Waals surface area contributed by atoms with E-state index in [2.05, 4.69) is 15.0 Å². The van der Waals surface area contributed by atoms with Crippen LogP contribution in [0.25, 0.3) is 0 Å². The van der Waals surface area contributed by atoms with Crippen LogP contribution in [0.3, 0.4) is 0 Å². The lowest BCUT2D eigenvalue weighted by atomic mass is 10.00. The van der Waals surface area contributed by atoms with E-state index in [4.69, 9.17) is 0 Å². The first-order chi connectivity index (χ1) is 11.5. The van der Waals surface area contributed by atoms with Gasteiger partial charge in [0.25, 0.3) is 0 Å². The van der Waals surface area contributed by atoms with Gasteiger partial charge in [0, 0.05) is 19.3 Å². The summed E-state index contributed by atoms with van der Waals surface area (Å²) in [4.78, 5) is 18.2. The Morgan fingerprint density at radius 1 is 1.33 bits per heavy atom. The molecule has 1 aliphatic rings. The smallest absolute Gasteiger partial charge is 0.387 e. The molecule has 0 saturated heterocycles. The Balaban J connectivity index is 1.71. The molecule has 0 atom stereocenters. The molecule has 3 rings (SSSR count). The molecule has 1 aromatic carbocycles. The highest BCUT2D eigenvalue weighted by atomic mass is 19.3. The summed E-state index contributed by atoms with van der Waals surface area (Å²) < 4.78 is 29.1. The van der Waals surface area contributed by atoms with Crippen molar-refractivity contribution in [3.8, 4) is 5.75 Å². The van der Waals surface area contributed by atoms with E-state index in [-0.39, 0.29) is 11.8 Å². The molecule has 126 valence electrons. The topological polar surface area (TPSA) is 54.5 Å². The van der Waals surface area contributed by atoms with E-state index >= 15 is 0 Å². The number of carbonyl (C=O) groups is 1. The van der Waals surface area contributed by atoms with Crippen LogP contribution < -0.4 is 10.1 Å². The van der Waals surface area contributed by atoms with Crippen molar-refractivity contribution in [1.82, 2.24) is 9.88 Å². The molecule has 2 amide bonds. The van der Waals surface area contributed by atoms with Crippen molar-refractivity contribution >= 4 is 11.8 Å². The number of anilines is 1. The quantitative estimate of drug-likeness (QED) is 0.934. The molecule has 0 saturated carbocycles. The average molecular weight is 333 g/mol. The predicted octanol–water partition coefficient (Wildman–Crippen LogP) is 3.58. The lowest BCUT2D eigenvalue weighted by Crippen LogP contribution is -2.39. The van der Waals surface area contributed by atoms with Gasteiger partial charge in [-0.1, -0.05) is 12.1 Å². The van der Waals surface area contributed by atoms with E-state index in [0.717, 1.165) is 16.7 Å². The molecule has 0 fully saturated rings. The van der Waals surface area contributed by atoms with Crippen LogP contribution in [-0.4, -0.2) is 29.1 Å². The van der Waals surface area contributed by atoms with Crippen LogP contribution in [-0.2, 0) is 13.0 Å². The fraction of sp³-hybridized carbons (Fsp3) is 0.294. The first-order valence-electron chi connectivity index (χ1n) is 7.57. The van der Waals surface area contributed by atoms with Crippen LogP contribution in [0, 0.1) is 6.92 Å². The van der Waals surface area contributed by atoms with Crippen molar-refractivity contribution in [3.05, 3.63) is 53.2 Å². The van der Waals surface area contributed by atoms with Gasteiger partial charge in [-0.25, -0.2) is 9.78 Å². The number of urea groups is 1. The minimum atomic E-state index is -2.86. The number of ether oxygens (including phenoxy) is 1. The summed E-state index contributed by atoms with van der Waals surface area (Å²) in [5.74, 6) is 0.620. The number of aromatic nitrogens is 1. The Bertz CT molecular complexity index is 752. The summed E-state index contributed by atoms with van der Waals surface area (Å²) in [6.45, 7) is -0.104. The number of benzene rings is 1. The zero-order chi connectivity index (χ0) is 17.1. The minimum Gasteiger partial charge on any atom is -0.435 e. The molecule has 1 aromatic heterocycles. The van der Waals surface area contributed by atoms with Gasteiger partial charge >= 0.3 is 12.6 Å². The van der Waals surface area contributed by atoms with E-state index in [1.165, 1.54) is 6.07 Å². The van der Waals surface area contributed by atoms with Gasteiger partial charge < -0.3 is 9.64 Å². The Kier molecular flexibility index (Phi) is 4.59. The summed E-state index contributed by atoms with van der Waals surface area (Å²) in [5.41, 5.74) is 2.72. The fourth-order valence-corrected chi connectivity index (χ4v) is 2.68. The predicted molar refractivity (Wildman–Crippen MR) is 85.2 cm³/mol. The Hall–Kier alpha value is -2.70. The fourth-order valence-electron chi connectivity index (χ4n) is 2.68. The van der Waals surface area contributed by atoms with Crippen molar-refractivity contribution in [2.75, 3.05) is 11.9 Å². The maximum atomic E-state index is 12.4. The number of fused-ring (bicyclic) bond motifs is 1. The number of alkyl halides is 2. The number of aryl methyl sites for hydroxylation is 1. The Labute approximate surface area is 138 Å². The van der Waals surface area contributed by atoms with E-state index in [1.807, 2.05) is 13.0 Å². The van der Waals surface area contributed by atoms with Crippen molar-refractivity contribution in [2.45, 2.75) is 26.5 Å². The molecule has 0 spiro atoms. The van der Waals surface area contributed by atoms with Gasteiger partial charge in [-0.3, -0.25) is 5.32 Å². The molecular weight excluding hydrogens is 316 g/mol. The molecule has 24 heavy (non-hydrogen) atoms. The Morgan fingerprint density at radius 2 is 2.17 bits per heavy atom. The zero-order valence-electron chi connectivity index (χ0n) is 13.1. The number of nitrogens with one attached hydrogen (secondary N) is 1. The minimum absolute atomic E-state index is 0.103. The molecule has 2 aromatic rings. The molecule has 0 aliphatic carbocycles. The third-order valence-electron chi connectivity index (χ3n) is 3.94. The van der Waals surface area contributed by atoms with Crippen molar-refractivity contribution in [1.29, 1.82) is 0 Å². The molecule has 0 radical (unpaired) electrons. The number of carbonyl (C=O) groups excluding carboxylic acids is 1. The number of hydrogen-bond donors (Lipinski definition) is 1. The van der Waals surface area contributed by atoms with Crippen molar-refractivity contribution < 1.29 is 18.3 Å². The third-order valence-corrected chi connectivity index (χ3v) is 3.94. The second-order valence-electron chi connectivity index (χ2n) is 5.58. The number of hydrogen-bond acceptors (Lipinski definition) is 3. The third kappa shape index (κ3) is 3.61. The summed E-state index contributed by atoms with van der Waals surface area (Å²) in [6, 6.07) is 8.26. The molecule has 0 unspecified atom stereocenters. The van der Waals surface area contributed by atoms with E-state index in [9.17, 15) is 13.6 Å². The Morgan fingerprint density at radius 3 is 2.92 bits per heavy atom. The molecular formula is C17H17F2N3O2. The normalized spacial score (nSPS) is 13.6. The number of amides is 2. The largest absolute Gasteiger partial charge is 0.435 e. The van der Waals surface area contributed by atoms with Gasteiger partial charge in [0.1, 0.15) is 11.6 Å². The first-order valence-corrected chi connectivity index (χ1v) is 7.57. The van der Waals surface area contributed by atoms with E-state index < -0.39 is 6.61 Å². The van der Waals surface area contributed by atoms with Gasteiger partial charge in [0.05, 0.1) is 0 Å². The summed E-state index contributed by atoms with van der Waals surface area (Å²) in [7, 11) is 0. The number of nitrogens with zero attached hydrogens (tertiary/aromatic N) is 2. The zero-order valence-corrected chi connectivity index (χ0v) is 13.1. The summed E-state index contributed by atoms with van der Waals surface area (Å²) >= 11 is 0. The number of pyridine rings is 1. The molecule has 1 aliphatic heterocycles. The molecule has 7 heteroatoms. The van der Waals surface area contributed by atoms with Crippen LogP contribution in [0.4, 0.5) is 19.4 Å². The van der Waals surface area contributed by atoms with Crippen LogP contribution in [0.2, 0.25) is 0 Å². The van der Waals surface area contributed by atoms with Gasteiger partial charge in [-0.2, -0.15) is 8.78 Å². The van der Waals surface area contributed by atoms with Crippen LogP contribution in [0.5, 0.6) is 5.75 Å². The maximum Gasteiger partial charge on any atom is 0.387 e. The number of rotatable bonds is 3. The highest BCUT2D eigenvalue weighted by Crippen LogP contribution is 2.25. The van der Waals surface area contributed by atoms with E-state index in [1.54, 1.807) is 29.3 Å². The van der Waals surface area contributed by atoms with Gasteiger partial charge in [0.2, 0.25) is 0 Å². The average Bonchev–Trinajstić information content (AvgIpc) is 2.55. The second kappa shape index (κ2) is 6.82. The highest BCUT2D eigenvalue weighted by molar-refractivity contribution is 5.89. The first kappa shape index (κ1) is 16.2. The molecule has 0 bridgehead atoms. The van der Waals surface area contributed by atoms with Gasteiger partial charge in [-0.05, 0) is 48.2 Å². The lowest BCUT2D eigenvalue weighted by molar-refractivity contribution is -0.0499. The highest BCUT2D eigenvalue weighted by Gasteiger charge is 2.22. The SMILES string of the molecule is Cc1cccnc1NC(=O)N1CCc2ccc(OC(F)F)cc2C1. The van der Waals surface area contributed by atoms with Crippen LogP contribution in [0.1, 0.15) is 16.7 Å². The molecule has 1 N–H and O–H groups in total. The number of halogens is 2. The van der Waals surface area contributed by atoms with Crippen LogP contribution >= 0.6 is 0 Å².